The fourth-order valence-corrected chi connectivity index (χ4v) is 4.74. The number of hydrogen-bond donors (Lipinski definition) is 1. The highest BCUT2D eigenvalue weighted by Crippen LogP contribution is 2.41. The normalized spacial score (nSPS) is 16.7. The van der Waals surface area contributed by atoms with Crippen molar-refractivity contribution in [3.05, 3.63) is 89.7 Å². The van der Waals surface area contributed by atoms with Crippen LogP contribution in [0, 0.1) is 12.3 Å². The molecule has 0 radical (unpaired) electrons. The van der Waals surface area contributed by atoms with Crippen LogP contribution >= 0.6 is 0 Å². The Hall–Kier alpha value is -3.73. The molecular weight excluding hydrogens is 438 g/mol. The largest absolute Gasteiger partial charge is 0.490 e. The van der Waals surface area contributed by atoms with E-state index in [0.29, 0.717) is 24.5 Å². The van der Waals surface area contributed by atoms with E-state index in [2.05, 4.69) is 5.92 Å². The molecule has 0 bridgehead atoms. The molecular formula is C26H21NO5S. The summed E-state index contributed by atoms with van der Waals surface area (Å²) in [7, 11) is -3.86. The summed E-state index contributed by atoms with van der Waals surface area (Å²) in [5.41, 5.74) is 2.44. The Bertz CT molecular complexity index is 1450. The Kier molecular flexibility index (Phi) is 5.33. The van der Waals surface area contributed by atoms with Gasteiger partial charge in [-0.05, 0) is 35.9 Å². The quantitative estimate of drug-likeness (QED) is 0.456. The van der Waals surface area contributed by atoms with Crippen LogP contribution in [0.2, 0.25) is 0 Å². The average Bonchev–Trinajstić information content (AvgIpc) is 3.11. The van der Waals surface area contributed by atoms with Crippen molar-refractivity contribution in [3.8, 4) is 23.8 Å². The SMILES string of the molecule is C#Cc1ccccc1[C@@H](c1cc2ccccc2o1)C1CCOc2cc(S(N)(=O)=O)ccc2O1. The number of hydrogen-bond acceptors (Lipinski definition) is 5. The first-order chi connectivity index (χ1) is 15.9. The minimum absolute atomic E-state index is 0.0326. The molecule has 1 unspecified atom stereocenters. The monoisotopic (exact) mass is 459 g/mol. The smallest absolute Gasteiger partial charge is 0.238 e. The molecule has 0 saturated heterocycles. The number of sulfonamides is 1. The Morgan fingerprint density at radius 1 is 1.00 bits per heavy atom. The van der Waals surface area contributed by atoms with E-state index >= 15 is 0 Å². The second-order valence-corrected chi connectivity index (χ2v) is 9.40. The third-order valence-electron chi connectivity index (χ3n) is 5.76. The first-order valence-electron chi connectivity index (χ1n) is 10.4. The molecule has 0 amide bonds. The molecule has 2 N–H and O–H groups in total. The molecule has 7 heteroatoms. The fourth-order valence-electron chi connectivity index (χ4n) is 4.21. The molecule has 166 valence electrons. The zero-order valence-corrected chi connectivity index (χ0v) is 18.4. The predicted molar refractivity (Wildman–Crippen MR) is 125 cm³/mol. The first-order valence-corrected chi connectivity index (χ1v) is 12.0. The van der Waals surface area contributed by atoms with Crippen LogP contribution in [0.3, 0.4) is 0 Å². The van der Waals surface area contributed by atoms with Gasteiger partial charge < -0.3 is 13.9 Å². The standard InChI is InChI=1S/C26H21NO5S/c1-2-17-7-3-5-9-20(17)26(25-15-18-8-4-6-10-21(18)31-25)23-13-14-30-24-16-19(33(27,28)29)11-12-22(24)32-23/h1,3-12,15-16,23,26H,13-14H2,(H2,27,28,29)/t23?,26-/m1/s1. The second kappa shape index (κ2) is 8.32. The Labute approximate surface area is 192 Å². The van der Waals surface area contributed by atoms with Crippen molar-refractivity contribution in [2.45, 2.75) is 23.3 Å². The van der Waals surface area contributed by atoms with Crippen LogP contribution in [-0.4, -0.2) is 21.1 Å². The lowest BCUT2D eigenvalue weighted by molar-refractivity contribution is 0.165. The molecule has 0 saturated carbocycles. The molecule has 4 aromatic rings. The molecule has 0 aliphatic carbocycles. The van der Waals surface area contributed by atoms with Crippen molar-refractivity contribution in [1.82, 2.24) is 0 Å². The van der Waals surface area contributed by atoms with Crippen LogP contribution in [0.25, 0.3) is 11.0 Å². The highest BCUT2D eigenvalue weighted by molar-refractivity contribution is 7.89. The maximum absolute atomic E-state index is 11.8. The highest BCUT2D eigenvalue weighted by Gasteiger charge is 2.33. The van der Waals surface area contributed by atoms with E-state index in [-0.39, 0.29) is 16.9 Å². The van der Waals surface area contributed by atoms with E-state index in [1.165, 1.54) is 12.1 Å². The maximum atomic E-state index is 11.8. The lowest BCUT2D eigenvalue weighted by atomic mass is 9.86. The van der Waals surface area contributed by atoms with Crippen LogP contribution in [0.1, 0.15) is 29.2 Å². The molecule has 5 rings (SSSR count). The van der Waals surface area contributed by atoms with Gasteiger partial charge in [-0.15, -0.1) is 6.42 Å². The van der Waals surface area contributed by atoms with E-state index in [0.717, 1.165) is 27.9 Å². The minimum Gasteiger partial charge on any atom is -0.490 e. The van der Waals surface area contributed by atoms with Crippen molar-refractivity contribution in [2.24, 2.45) is 5.14 Å². The van der Waals surface area contributed by atoms with Gasteiger partial charge in [0.15, 0.2) is 11.5 Å². The summed E-state index contributed by atoms with van der Waals surface area (Å²) in [6.07, 6.45) is 5.98. The number of terminal acetylenes is 1. The molecule has 33 heavy (non-hydrogen) atoms. The van der Waals surface area contributed by atoms with Gasteiger partial charge in [-0.2, -0.15) is 0 Å². The van der Waals surface area contributed by atoms with Gasteiger partial charge in [0, 0.05) is 23.4 Å². The molecule has 2 atom stereocenters. The maximum Gasteiger partial charge on any atom is 0.238 e. The fraction of sp³-hybridized carbons (Fsp3) is 0.154. The zero-order valence-electron chi connectivity index (χ0n) is 17.6. The van der Waals surface area contributed by atoms with Crippen LogP contribution in [0.4, 0.5) is 0 Å². The van der Waals surface area contributed by atoms with Gasteiger partial charge in [0.1, 0.15) is 17.4 Å². The molecule has 1 aliphatic rings. The molecule has 0 fully saturated rings. The van der Waals surface area contributed by atoms with E-state index in [1.54, 1.807) is 6.07 Å². The third-order valence-corrected chi connectivity index (χ3v) is 6.67. The number of para-hydroxylation sites is 1. The summed E-state index contributed by atoms with van der Waals surface area (Å²) >= 11 is 0. The van der Waals surface area contributed by atoms with Gasteiger partial charge >= 0.3 is 0 Å². The van der Waals surface area contributed by atoms with Gasteiger partial charge in [0.25, 0.3) is 0 Å². The molecule has 2 heterocycles. The second-order valence-electron chi connectivity index (χ2n) is 7.84. The molecule has 1 aliphatic heterocycles. The van der Waals surface area contributed by atoms with E-state index in [4.69, 9.17) is 25.5 Å². The van der Waals surface area contributed by atoms with E-state index < -0.39 is 10.0 Å². The number of primary sulfonamides is 1. The number of nitrogens with two attached hydrogens (primary N) is 1. The van der Waals surface area contributed by atoms with Gasteiger partial charge in [-0.3, -0.25) is 0 Å². The zero-order chi connectivity index (χ0) is 23.0. The summed E-state index contributed by atoms with van der Waals surface area (Å²) in [5.74, 6) is 3.96. The van der Waals surface area contributed by atoms with E-state index in [1.807, 2.05) is 54.6 Å². The topological polar surface area (TPSA) is 91.8 Å². The lowest BCUT2D eigenvalue weighted by Crippen LogP contribution is -2.27. The van der Waals surface area contributed by atoms with E-state index in [9.17, 15) is 8.42 Å². The Balaban J connectivity index is 1.61. The van der Waals surface area contributed by atoms with Crippen LogP contribution in [0.15, 0.2) is 82.1 Å². The average molecular weight is 460 g/mol. The van der Waals surface area contributed by atoms with Crippen molar-refractivity contribution in [3.63, 3.8) is 0 Å². The summed E-state index contributed by atoms with van der Waals surface area (Å²) < 4.78 is 42.0. The van der Waals surface area contributed by atoms with Crippen LogP contribution in [-0.2, 0) is 10.0 Å². The van der Waals surface area contributed by atoms with Gasteiger partial charge in [0.2, 0.25) is 10.0 Å². The van der Waals surface area contributed by atoms with Crippen molar-refractivity contribution in [2.75, 3.05) is 6.61 Å². The first kappa shape index (κ1) is 21.1. The van der Waals surface area contributed by atoms with Gasteiger partial charge in [-0.1, -0.05) is 42.3 Å². The summed E-state index contributed by atoms with van der Waals surface area (Å²) in [6.45, 7) is 0.320. The highest BCUT2D eigenvalue weighted by atomic mass is 32.2. The number of benzene rings is 3. The third kappa shape index (κ3) is 4.07. The lowest BCUT2D eigenvalue weighted by Gasteiger charge is -2.26. The molecule has 1 aromatic heterocycles. The number of fused-ring (bicyclic) bond motifs is 2. The number of rotatable bonds is 4. The summed E-state index contributed by atoms with van der Waals surface area (Å²) in [4.78, 5) is -0.0326. The predicted octanol–water partition coefficient (Wildman–Crippen LogP) is 4.42. The van der Waals surface area contributed by atoms with Gasteiger partial charge in [-0.25, -0.2) is 13.6 Å². The minimum atomic E-state index is -3.86. The number of ether oxygens (including phenoxy) is 2. The van der Waals surface area contributed by atoms with Crippen molar-refractivity contribution < 1.29 is 22.3 Å². The van der Waals surface area contributed by atoms with Crippen molar-refractivity contribution in [1.29, 1.82) is 0 Å². The molecule has 6 nitrogen and oxygen atoms in total. The van der Waals surface area contributed by atoms with Crippen molar-refractivity contribution >= 4 is 21.0 Å². The summed E-state index contributed by atoms with van der Waals surface area (Å²) in [6, 6.07) is 21.9. The van der Waals surface area contributed by atoms with Gasteiger partial charge in [0.05, 0.1) is 17.4 Å². The van der Waals surface area contributed by atoms with Crippen LogP contribution < -0.4 is 14.6 Å². The van der Waals surface area contributed by atoms with Crippen LogP contribution in [0.5, 0.6) is 11.5 Å². The molecule has 3 aromatic carbocycles. The molecule has 0 spiro atoms. The summed E-state index contributed by atoms with van der Waals surface area (Å²) in [5, 5.41) is 6.25. The number of furan rings is 1. The Morgan fingerprint density at radius 2 is 1.79 bits per heavy atom. The Morgan fingerprint density at radius 3 is 2.58 bits per heavy atom.